The summed E-state index contributed by atoms with van der Waals surface area (Å²) in [6.07, 6.45) is 0. The van der Waals surface area contributed by atoms with E-state index >= 15 is 0 Å². The fourth-order valence-corrected chi connectivity index (χ4v) is 3.45. The molecule has 144 valence electrons. The smallest absolute Gasteiger partial charge is 0.255 e. The van der Waals surface area contributed by atoms with Crippen LogP contribution in [0.5, 0.6) is 0 Å². The molecular weight excluding hydrogens is 390 g/mol. The van der Waals surface area contributed by atoms with E-state index in [0.29, 0.717) is 26.2 Å². The van der Waals surface area contributed by atoms with Crippen LogP contribution in [0, 0.1) is 12.7 Å². The fraction of sp³-hybridized carbons (Fsp3) is 0.421. The van der Waals surface area contributed by atoms with Gasteiger partial charge in [0, 0.05) is 43.9 Å². The van der Waals surface area contributed by atoms with Gasteiger partial charge in [0.2, 0.25) is 0 Å². The second-order valence-electron chi connectivity index (χ2n) is 6.91. The highest BCUT2D eigenvalue weighted by atomic mass is 35.5. The van der Waals surface area contributed by atoms with Crippen molar-refractivity contribution in [2.75, 3.05) is 31.1 Å². The summed E-state index contributed by atoms with van der Waals surface area (Å²) in [7, 11) is 0. The first-order valence-corrected chi connectivity index (χ1v) is 9.56. The number of aryl methyl sites for hydroxylation is 1. The van der Waals surface area contributed by atoms with Crippen LogP contribution >= 0.6 is 23.2 Å². The number of amides is 1. The lowest BCUT2D eigenvalue weighted by atomic mass is 10.1. The van der Waals surface area contributed by atoms with Crippen LogP contribution < -0.4 is 4.90 Å². The number of halogens is 3. The van der Waals surface area contributed by atoms with Crippen LogP contribution in [-0.2, 0) is 0 Å². The molecule has 0 bridgehead atoms. The van der Waals surface area contributed by atoms with Gasteiger partial charge in [0.05, 0.1) is 15.6 Å². The van der Waals surface area contributed by atoms with Crippen molar-refractivity contribution in [3.8, 4) is 0 Å². The maximum atomic E-state index is 13.7. The van der Waals surface area contributed by atoms with Crippen LogP contribution in [0.25, 0.3) is 0 Å². The number of carbonyl (C=O) groups excluding carboxylic acids is 1. The van der Waals surface area contributed by atoms with Gasteiger partial charge in [-0.05, 0) is 19.1 Å². The van der Waals surface area contributed by atoms with Crippen molar-refractivity contribution < 1.29 is 9.18 Å². The maximum absolute atomic E-state index is 13.7. The molecule has 3 rings (SSSR count). The molecule has 2 aromatic rings. The molecule has 0 spiro atoms. The zero-order valence-corrected chi connectivity index (χ0v) is 17.0. The number of carbonyl (C=O) groups is 1. The van der Waals surface area contributed by atoms with E-state index in [-0.39, 0.29) is 27.4 Å². The summed E-state index contributed by atoms with van der Waals surface area (Å²) in [5.74, 6) is 0.979. The Morgan fingerprint density at radius 1 is 1.07 bits per heavy atom. The lowest BCUT2D eigenvalue weighted by Gasteiger charge is -2.35. The fourth-order valence-electron chi connectivity index (χ4n) is 2.99. The van der Waals surface area contributed by atoms with E-state index in [4.69, 9.17) is 23.2 Å². The Morgan fingerprint density at radius 2 is 1.74 bits per heavy atom. The minimum Gasteiger partial charge on any atom is -0.353 e. The molecule has 5 nitrogen and oxygen atoms in total. The molecule has 0 radical (unpaired) electrons. The Kier molecular flexibility index (Phi) is 5.86. The number of aromatic nitrogens is 2. The van der Waals surface area contributed by atoms with Crippen LogP contribution in [0.4, 0.5) is 10.2 Å². The third kappa shape index (κ3) is 4.33. The lowest BCUT2D eigenvalue weighted by Crippen LogP contribution is -2.49. The van der Waals surface area contributed by atoms with Crippen molar-refractivity contribution >= 4 is 34.9 Å². The van der Waals surface area contributed by atoms with Gasteiger partial charge in [-0.3, -0.25) is 4.79 Å². The van der Waals surface area contributed by atoms with Gasteiger partial charge in [-0.2, -0.15) is 0 Å². The monoisotopic (exact) mass is 410 g/mol. The molecule has 1 aromatic carbocycles. The van der Waals surface area contributed by atoms with Gasteiger partial charge in [-0.15, -0.1) is 0 Å². The minimum atomic E-state index is -0.652. The normalized spacial score (nSPS) is 14.8. The Hall–Kier alpha value is -1.92. The standard InChI is InChI=1S/C19H21Cl2FN4O/c1-11(2)18-23-12(3)8-17(24-18)25-4-6-26(7-5-25)19(27)13-9-16(22)15(21)10-14(13)20/h8-11H,4-7H2,1-3H3. The van der Waals surface area contributed by atoms with E-state index in [1.165, 1.54) is 6.07 Å². The van der Waals surface area contributed by atoms with Gasteiger partial charge in [-0.25, -0.2) is 14.4 Å². The van der Waals surface area contributed by atoms with Crippen molar-refractivity contribution in [3.63, 3.8) is 0 Å². The molecule has 27 heavy (non-hydrogen) atoms. The Bertz CT molecular complexity index is 867. The summed E-state index contributed by atoms with van der Waals surface area (Å²) < 4.78 is 13.7. The summed E-state index contributed by atoms with van der Waals surface area (Å²) in [4.78, 5) is 25.6. The highest BCUT2D eigenvalue weighted by Gasteiger charge is 2.25. The summed E-state index contributed by atoms with van der Waals surface area (Å²) in [6.45, 7) is 8.34. The zero-order valence-electron chi connectivity index (χ0n) is 15.5. The van der Waals surface area contributed by atoms with E-state index in [0.717, 1.165) is 23.4 Å². The SMILES string of the molecule is Cc1cc(N2CCN(C(=O)c3cc(F)c(Cl)cc3Cl)CC2)nc(C(C)C)n1. The average Bonchev–Trinajstić information content (AvgIpc) is 2.63. The summed E-state index contributed by atoms with van der Waals surface area (Å²) in [5, 5.41) is 0.0586. The van der Waals surface area contributed by atoms with Gasteiger partial charge in [0.1, 0.15) is 17.5 Å². The van der Waals surface area contributed by atoms with Gasteiger partial charge < -0.3 is 9.80 Å². The zero-order chi connectivity index (χ0) is 19.7. The van der Waals surface area contributed by atoms with E-state index in [1.807, 2.05) is 13.0 Å². The number of benzene rings is 1. The van der Waals surface area contributed by atoms with E-state index in [9.17, 15) is 9.18 Å². The van der Waals surface area contributed by atoms with Crippen LogP contribution in [0.15, 0.2) is 18.2 Å². The number of anilines is 1. The minimum absolute atomic E-state index is 0.0959. The van der Waals surface area contributed by atoms with Gasteiger partial charge in [0.15, 0.2) is 0 Å². The van der Waals surface area contributed by atoms with Crippen LogP contribution in [0.1, 0.15) is 41.6 Å². The molecule has 0 aliphatic carbocycles. The third-order valence-corrected chi connectivity index (χ3v) is 5.11. The van der Waals surface area contributed by atoms with Crippen molar-refractivity contribution in [2.24, 2.45) is 0 Å². The maximum Gasteiger partial charge on any atom is 0.255 e. The summed E-state index contributed by atoms with van der Waals surface area (Å²) in [5.41, 5.74) is 1.05. The van der Waals surface area contributed by atoms with Gasteiger partial charge in [-0.1, -0.05) is 37.0 Å². The Labute approximate surface area is 168 Å². The van der Waals surface area contributed by atoms with Crippen LogP contribution in [0.3, 0.4) is 0 Å². The first-order valence-electron chi connectivity index (χ1n) is 8.80. The first kappa shape index (κ1) is 19.8. The van der Waals surface area contributed by atoms with Crippen molar-refractivity contribution in [2.45, 2.75) is 26.7 Å². The molecule has 2 heterocycles. The third-order valence-electron chi connectivity index (χ3n) is 4.51. The molecule has 1 aliphatic heterocycles. The number of nitrogens with zero attached hydrogens (tertiary/aromatic N) is 4. The van der Waals surface area contributed by atoms with Gasteiger partial charge >= 0.3 is 0 Å². The van der Waals surface area contributed by atoms with Crippen molar-refractivity contribution in [1.29, 1.82) is 0 Å². The number of rotatable bonds is 3. The second-order valence-corrected chi connectivity index (χ2v) is 7.72. The topological polar surface area (TPSA) is 49.3 Å². The second kappa shape index (κ2) is 7.98. The molecule has 1 aliphatic rings. The average molecular weight is 411 g/mol. The molecule has 0 N–H and O–H groups in total. The number of hydrogen-bond donors (Lipinski definition) is 0. The molecule has 0 unspecified atom stereocenters. The first-order chi connectivity index (χ1) is 12.8. The molecule has 0 saturated carbocycles. The predicted octanol–water partition coefficient (Wildman–Crippen LogP) is 4.32. The molecule has 1 aromatic heterocycles. The number of piperazine rings is 1. The molecule has 1 saturated heterocycles. The highest BCUT2D eigenvalue weighted by molar-refractivity contribution is 6.36. The molecule has 8 heteroatoms. The van der Waals surface area contributed by atoms with Crippen molar-refractivity contribution in [3.05, 3.63) is 51.1 Å². The van der Waals surface area contributed by atoms with Gasteiger partial charge in [0.25, 0.3) is 5.91 Å². The highest BCUT2D eigenvalue weighted by Crippen LogP contribution is 2.26. The molecule has 1 fully saturated rings. The largest absolute Gasteiger partial charge is 0.353 e. The van der Waals surface area contributed by atoms with Crippen molar-refractivity contribution in [1.82, 2.24) is 14.9 Å². The summed E-state index contributed by atoms with van der Waals surface area (Å²) in [6, 6.07) is 4.32. The van der Waals surface area contributed by atoms with Crippen LogP contribution in [0.2, 0.25) is 10.0 Å². The van der Waals surface area contributed by atoms with E-state index < -0.39 is 5.82 Å². The summed E-state index contributed by atoms with van der Waals surface area (Å²) >= 11 is 11.8. The van der Waals surface area contributed by atoms with E-state index in [1.54, 1.807) is 4.90 Å². The molecule has 0 atom stereocenters. The lowest BCUT2D eigenvalue weighted by molar-refractivity contribution is 0.0746. The number of hydrogen-bond acceptors (Lipinski definition) is 4. The quantitative estimate of drug-likeness (QED) is 0.707. The van der Waals surface area contributed by atoms with Crippen LogP contribution in [-0.4, -0.2) is 47.0 Å². The molecule has 1 amide bonds. The predicted molar refractivity (Wildman–Crippen MR) is 105 cm³/mol. The molecular formula is C19H21Cl2FN4O. The Balaban J connectivity index is 1.72. The Morgan fingerprint density at radius 3 is 2.37 bits per heavy atom. The van der Waals surface area contributed by atoms with E-state index in [2.05, 4.69) is 28.7 Å².